The molecule has 0 amide bonds. The van der Waals surface area contributed by atoms with Crippen molar-refractivity contribution in [2.75, 3.05) is 0 Å². The largest absolute Gasteiger partial charge is 0.450 e. The molecule has 5 heteroatoms. The van der Waals surface area contributed by atoms with Crippen molar-refractivity contribution in [3.8, 4) is 11.5 Å². The molecule has 0 fully saturated rings. The van der Waals surface area contributed by atoms with Crippen LogP contribution in [0.15, 0.2) is 36.4 Å². The fourth-order valence-electron chi connectivity index (χ4n) is 1.40. The topological polar surface area (TPSA) is 26.3 Å². The maximum Gasteiger partial charge on any atom is 0.201 e. The van der Waals surface area contributed by atoms with Gasteiger partial charge in [0.2, 0.25) is 5.82 Å². The van der Waals surface area contributed by atoms with Crippen LogP contribution >= 0.6 is 0 Å². The highest BCUT2D eigenvalue weighted by Gasteiger charge is 2.14. The zero-order valence-electron chi connectivity index (χ0n) is 8.99. The smallest absolute Gasteiger partial charge is 0.201 e. The number of carbonyl (C=O) groups is 1. The van der Waals surface area contributed by atoms with Gasteiger partial charge in [-0.1, -0.05) is 12.1 Å². The third-order valence-electron chi connectivity index (χ3n) is 2.25. The van der Waals surface area contributed by atoms with Crippen molar-refractivity contribution in [3.63, 3.8) is 0 Å². The van der Waals surface area contributed by atoms with Crippen molar-refractivity contribution in [1.29, 1.82) is 0 Å². The predicted molar refractivity (Wildman–Crippen MR) is 58.2 cm³/mol. The van der Waals surface area contributed by atoms with Crippen molar-refractivity contribution in [1.82, 2.24) is 0 Å². The highest BCUT2D eigenvalue weighted by Crippen LogP contribution is 2.29. The Morgan fingerprint density at radius 3 is 2.33 bits per heavy atom. The van der Waals surface area contributed by atoms with E-state index in [0.29, 0.717) is 6.29 Å². The third-order valence-corrected chi connectivity index (χ3v) is 2.25. The van der Waals surface area contributed by atoms with Crippen LogP contribution in [0.4, 0.5) is 13.2 Å². The molecular formula is C13H7F3O2. The number of halogens is 3. The average Bonchev–Trinajstić information content (AvgIpc) is 2.37. The molecule has 0 aliphatic heterocycles. The van der Waals surface area contributed by atoms with E-state index in [-0.39, 0.29) is 5.56 Å². The van der Waals surface area contributed by atoms with Gasteiger partial charge in [0, 0.05) is 0 Å². The van der Waals surface area contributed by atoms with Gasteiger partial charge in [0.05, 0.1) is 5.56 Å². The molecule has 2 aromatic carbocycles. The first-order chi connectivity index (χ1) is 8.63. The molecule has 0 spiro atoms. The Labute approximate surface area is 101 Å². The Bertz CT molecular complexity index is 597. The number of aldehydes is 1. The van der Waals surface area contributed by atoms with E-state index in [1.165, 1.54) is 18.2 Å². The summed E-state index contributed by atoms with van der Waals surface area (Å²) in [6, 6.07) is 6.94. The molecule has 0 aliphatic carbocycles. The van der Waals surface area contributed by atoms with Crippen molar-refractivity contribution >= 4 is 6.29 Å². The number of hydrogen-bond acceptors (Lipinski definition) is 2. The van der Waals surface area contributed by atoms with E-state index in [1.54, 1.807) is 0 Å². The van der Waals surface area contributed by atoms with Crippen LogP contribution in [0.25, 0.3) is 0 Å². The molecule has 0 aliphatic rings. The maximum atomic E-state index is 13.5. The number of para-hydroxylation sites is 1. The maximum absolute atomic E-state index is 13.5. The molecule has 2 nitrogen and oxygen atoms in total. The standard InChI is InChI=1S/C13H7F3O2/c14-9-4-2-6-11(12(9)16)18-13-8(7-17)3-1-5-10(13)15/h1-7H. The molecule has 0 N–H and O–H groups in total. The van der Waals surface area contributed by atoms with E-state index >= 15 is 0 Å². The van der Waals surface area contributed by atoms with Gasteiger partial charge in [-0.05, 0) is 24.3 Å². The molecule has 0 bridgehead atoms. The van der Waals surface area contributed by atoms with E-state index in [9.17, 15) is 18.0 Å². The summed E-state index contributed by atoms with van der Waals surface area (Å²) in [5.41, 5.74) is -0.0846. The Morgan fingerprint density at radius 1 is 0.944 bits per heavy atom. The number of hydrogen-bond donors (Lipinski definition) is 0. The van der Waals surface area contributed by atoms with Crippen molar-refractivity contribution < 1.29 is 22.7 Å². The Kier molecular flexibility index (Phi) is 3.32. The molecule has 92 valence electrons. The molecule has 0 saturated carbocycles. The Morgan fingerprint density at radius 2 is 1.61 bits per heavy atom. The molecule has 0 atom stereocenters. The van der Waals surface area contributed by atoms with Crippen molar-refractivity contribution in [2.45, 2.75) is 0 Å². The van der Waals surface area contributed by atoms with Crippen molar-refractivity contribution in [2.24, 2.45) is 0 Å². The molecule has 0 saturated heterocycles. The van der Waals surface area contributed by atoms with Gasteiger partial charge in [0.25, 0.3) is 0 Å². The summed E-state index contributed by atoms with van der Waals surface area (Å²) >= 11 is 0. The predicted octanol–water partition coefficient (Wildman–Crippen LogP) is 3.71. The van der Waals surface area contributed by atoms with E-state index < -0.39 is 29.0 Å². The van der Waals surface area contributed by atoms with Gasteiger partial charge in [-0.2, -0.15) is 4.39 Å². The van der Waals surface area contributed by atoms with E-state index in [2.05, 4.69) is 0 Å². The van der Waals surface area contributed by atoms with Crippen LogP contribution in [0.5, 0.6) is 11.5 Å². The minimum absolute atomic E-state index is 0.0846. The van der Waals surface area contributed by atoms with Gasteiger partial charge in [-0.3, -0.25) is 4.79 Å². The number of benzene rings is 2. The minimum Gasteiger partial charge on any atom is -0.450 e. The number of ether oxygens (including phenoxy) is 1. The monoisotopic (exact) mass is 252 g/mol. The second kappa shape index (κ2) is 4.91. The van der Waals surface area contributed by atoms with Gasteiger partial charge in [0.15, 0.2) is 29.4 Å². The Balaban J connectivity index is 2.46. The lowest BCUT2D eigenvalue weighted by molar-refractivity contribution is 0.112. The summed E-state index contributed by atoms with van der Waals surface area (Å²) in [4.78, 5) is 10.7. The first kappa shape index (κ1) is 12.2. The second-order valence-electron chi connectivity index (χ2n) is 3.43. The molecule has 2 aromatic rings. The summed E-state index contributed by atoms with van der Waals surface area (Å²) in [6.07, 6.45) is 0.371. The van der Waals surface area contributed by atoms with Crippen LogP contribution in [0.1, 0.15) is 10.4 Å². The van der Waals surface area contributed by atoms with Gasteiger partial charge in [-0.25, -0.2) is 8.78 Å². The van der Waals surface area contributed by atoms with Crippen LogP contribution in [0, 0.1) is 17.5 Å². The van der Waals surface area contributed by atoms with Gasteiger partial charge in [-0.15, -0.1) is 0 Å². The van der Waals surface area contributed by atoms with Crippen LogP contribution < -0.4 is 4.74 Å². The lowest BCUT2D eigenvalue weighted by atomic mass is 10.2. The Hall–Kier alpha value is -2.30. The second-order valence-corrected chi connectivity index (χ2v) is 3.43. The quantitative estimate of drug-likeness (QED) is 0.778. The lowest BCUT2D eigenvalue weighted by Crippen LogP contribution is -1.97. The highest BCUT2D eigenvalue weighted by molar-refractivity contribution is 5.79. The van der Waals surface area contributed by atoms with Crippen LogP contribution in [0.3, 0.4) is 0 Å². The van der Waals surface area contributed by atoms with Gasteiger partial charge in [0.1, 0.15) is 0 Å². The molecule has 2 rings (SSSR count). The normalized spacial score (nSPS) is 10.2. The lowest BCUT2D eigenvalue weighted by Gasteiger charge is -2.09. The highest BCUT2D eigenvalue weighted by atomic mass is 19.2. The van der Waals surface area contributed by atoms with E-state index in [1.807, 2.05) is 0 Å². The fourth-order valence-corrected chi connectivity index (χ4v) is 1.40. The molecule has 18 heavy (non-hydrogen) atoms. The van der Waals surface area contributed by atoms with E-state index in [4.69, 9.17) is 4.74 Å². The number of rotatable bonds is 3. The van der Waals surface area contributed by atoms with E-state index in [0.717, 1.165) is 18.2 Å². The molecule has 0 aromatic heterocycles. The zero-order chi connectivity index (χ0) is 13.1. The molecule has 0 unspecified atom stereocenters. The zero-order valence-corrected chi connectivity index (χ0v) is 8.99. The molecule has 0 radical (unpaired) electrons. The van der Waals surface area contributed by atoms with Gasteiger partial charge < -0.3 is 4.74 Å². The summed E-state index contributed by atoms with van der Waals surface area (Å²) < 4.78 is 44.7. The third kappa shape index (κ3) is 2.20. The van der Waals surface area contributed by atoms with Crippen molar-refractivity contribution in [3.05, 3.63) is 59.4 Å². The summed E-state index contributed by atoms with van der Waals surface area (Å²) in [6.45, 7) is 0. The fraction of sp³-hybridized carbons (Fsp3) is 0. The molecule has 0 heterocycles. The van der Waals surface area contributed by atoms with Crippen LogP contribution in [-0.4, -0.2) is 6.29 Å². The number of carbonyl (C=O) groups excluding carboxylic acids is 1. The summed E-state index contributed by atoms with van der Waals surface area (Å²) in [5.74, 6) is -4.10. The van der Waals surface area contributed by atoms with Crippen LogP contribution in [-0.2, 0) is 0 Å². The van der Waals surface area contributed by atoms with Gasteiger partial charge >= 0.3 is 0 Å². The molecular weight excluding hydrogens is 245 g/mol. The minimum atomic E-state index is -1.24. The average molecular weight is 252 g/mol. The summed E-state index contributed by atoms with van der Waals surface area (Å²) in [5, 5.41) is 0. The SMILES string of the molecule is O=Cc1cccc(F)c1Oc1cccc(F)c1F. The summed E-state index contributed by atoms with van der Waals surface area (Å²) in [7, 11) is 0. The first-order valence-electron chi connectivity index (χ1n) is 4.99. The first-order valence-corrected chi connectivity index (χ1v) is 4.99. The van der Waals surface area contributed by atoms with Crippen LogP contribution in [0.2, 0.25) is 0 Å².